The number of aromatic nitrogens is 4. The molecule has 0 unspecified atom stereocenters. The minimum absolute atomic E-state index is 0.0309. The van der Waals surface area contributed by atoms with Crippen molar-refractivity contribution in [2.75, 3.05) is 7.11 Å². The summed E-state index contributed by atoms with van der Waals surface area (Å²) in [6.45, 7) is 0. The molecule has 140 valence electrons. The van der Waals surface area contributed by atoms with E-state index >= 15 is 0 Å². The SMILES string of the molecule is COc1cc2c(=O)n(-c3ccc(C[C@H](N)C(=O)O)nc3)c(=O)n(C)c2cn1. The van der Waals surface area contributed by atoms with E-state index in [9.17, 15) is 14.4 Å². The molecule has 0 bridgehead atoms. The summed E-state index contributed by atoms with van der Waals surface area (Å²) in [5, 5.41) is 9.13. The predicted molar refractivity (Wildman–Crippen MR) is 96.2 cm³/mol. The molecule has 0 spiro atoms. The molecule has 0 fully saturated rings. The Kier molecular flexibility index (Phi) is 4.74. The van der Waals surface area contributed by atoms with E-state index in [1.807, 2.05) is 0 Å². The number of carboxylic acid groups (broad SMARTS) is 1. The van der Waals surface area contributed by atoms with Crippen LogP contribution in [-0.2, 0) is 18.3 Å². The Balaban J connectivity index is 2.12. The maximum atomic E-state index is 12.9. The van der Waals surface area contributed by atoms with Gasteiger partial charge in [0, 0.05) is 25.2 Å². The van der Waals surface area contributed by atoms with Gasteiger partial charge in [-0.2, -0.15) is 0 Å². The van der Waals surface area contributed by atoms with Crippen molar-refractivity contribution in [3.8, 4) is 11.6 Å². The Morgan fingerprint density at radius 3 is 2.63 bits per heavy atom. The summed E-state index contributed by atoms with van der Waals surface area (Å²) in [5.74, 6) is -0.885. The van der Waals surface area contributed by atoms with Gasteiger partial charge in [-0.15, -0.1) is 0 Å². The molecular weight excluding hydrogens is 354 g/mol. The highest BCUT2D eigenvalue weighted by molar-refractivity contribution is 5.78. The van der Waals surface area contributed by atoms with Crippen molar-refractivity contribution in [2.45, 2.75) is 12.5 Å². The normalized spacial score (nSPS) is 12.1. The van der Waals surface area contributed by atoms with E-state index in [1.54, 1.807) is 0 Å². The van der Waals surface area contributed by atoms with Gasteiger partial charge in [-0.3, -0.25) is 19.1 Å². The standard InChI is InChI=1S/C17H17N5O5/c1-21-13-8-20-14(27-2)6-11(13)15(23)22(17(21)26)10-4-3-9(19-7-10)5-12(18)16(24)25/h3-4,6-8,12H,5,18H2,1-2H3,(H,24,25)/t12-/m0/s1. The van der Waals surface area contributed by atoms with Crippen LogP contribution in [0.4, 0.5) is 0 Å². The number of pyridine rings is 2. The molecule has 0 aliphatic rings. The lowest BCUT2D eigenvalue weighted by Gasteiger charge is -2.11. The zero-order valence-corrected chi connectivity index (χ0v) is 14.6. The Morgan fingerprint density at radius 2 is 2.04 bits per heavy atom. The number of nitrogens with zero attached hydrogens (tertiary/aromatic N) is 4. The molecule has 1 atom stereocenters. The molecule has 3 rings (SSSR count). The third kappa shape index (κ3) is 3.29. The van der Waals surface area contributed by atoms with Gasteiger partial charge >= 0.3 is 11.7 Å². The number of aryl methyl sites for hydroxylation is 1. The average molecular weight is 371 g/mol. The minimum atomic E-state index is -1.14. The van der Waals surface area contributed by atoms with Crippen molar-refractivity contribution in [3.63, 3.8) is 0 Å². The van der Waals surface area contributed by atoms with Gasteiger partial charge in [0.1, 0.15) is 6.04 Å². The number of hydrogen-bond donors (Lipinski definition) is 2. The number of carbonyl (C=O) groups is 1. The van der Waals surface area contributed by atoms with Crippen molar-refractivity contribution in [3.05, 3.63) is 57.1 Å². The van der Waals surface area contributed by atoms with Crippen LogP contribution in [0.25, 0.3) is 16.6 Å². The molecule has 3 heterocycles. The largest absolute Gasteiger partial charge is 0.481 e. The van der Waals surface area contributed by atoms with Gasteiger partial charge in [-0.1, -0.05) is 0 Å². The Labute approximate surface area is 152 Å². The average Bonchev–Trinajstić information content (AvgIpc) is 2.67. The lowest BCUT2D eigenvalue weighted by atomic mass is 10.1. The summed E-state index contributed by atoms with van der Waals surface area (Å²) in [6.07, 6.45) is 2.76. The molecule has 27 heavy (non-hydrogen) atoms. The summed E-state index contributed by atoms with van der Waals surface area (Å²) >= 11 is 0. The zero-order valence-electron chi connectivity index (χ0n) is 14.6. The lowest BCUT2D eigenvalue weighted by Crippen LogP contribution is -2.38. The molecule has 0 aliphatic carbocycles. The van der Waals surface area contributed by atoms with E-state index in [-0.39, 0.29) is 23.4 Å². The van der Waals surface area contributed by atoms with E-state index in [1.165, 1.54) is 49.3 Å². The second kappa shape index (κ2) is 7.00. The highest BCUT2D eigenvalue weighted by Gasteiger charge is 2.16. The molecule has 0 aliphatic heterocycles. The van der Waals surface area contributed by atoms with E-state index in [2.05, 4.69) is 9.97 Å². The van der Waals surface area contributed by atoms with Crippen LogP contribution in [0.1, 0.15) is 5.69 Å². The highest BCUT2D eigenvalue weighted by Crippen LogP contribution is 2.14. The number of hydrogen-bond acceptors (Lipinski definition) is 7. The van der Waals surface area contributed by atoms with Gasteiger partial charge in [0.15, 0.2) is 0 Å². The van der Waals surface area contributed by atoms with Crippen LogP contribution in [0.5, 0.6) is 5.88 Å². The van der Waals surface area contributed by atoms with E-state index in [0.717, 1.165) is 4.57 Å². The molecule has 0 aromatic carbocycles. The van der Waals surface area contributed by atoms with Crippen molar-refractivity contribution < 1.29 is 14.6 Å². The van der Waals surface area contributed by atoms with Gasteiger partial charge in [0.25, 0.3) is 5.56 Å². The Bertz CT molecular complexity index is 1130. The third-order valence-electron chi connectivity index (χ3n) is 4.15. The summed E-state index contributed by atoms with van der Waals surface area (Å²) in [4.78, 5) is 44.5. The van der Waals surface area contributed by atoms with E-state index in [0.29, 0.717) is 11.2 Å². The van der Waals surface area contributed by atoms with Gasteiger partial charge in [0.05, 0.1) is 36.1 Å². The molecule has 0 radical (unpaired) electrons. The fraction of sp³-hybridized carbons (Fsp3) is 0.235. The first-order valence-electron chi connectivity index (χ1n) is 7.93. The number of carboxylic acids is 1. The number of ether oxygens (including phenoxy) is 1. The fourth-order valence-electron chi connectivity index (χ4n) is 2.65. The summed E-state index contributed by atoms with van der Waals surface area (Å²) in [7, 11) is 2.96. The molecule has 0 saturated carbocycles. The molecule has 3 aromatic rings. The summed E-state index contributed by atoms with van der Waals surface area (Å²) in [5.41, 5.74) is 5.46. The maximum Gasteiger partial charge on any atom is 0.335 e. The van der Waals surface area contributed by atoms with Gasteiger partial charge < -0.3 is 15.6 Å². The smallest absolute Gasteiger partial charge is 0.335 e. The first-order chi connectivity index (χ1) is 12.8. The van der Waals surface area contributed by atoms with Gasteiger partial charge in [-0.25, -0.2) is 14.3 Å². The second-order valence-electron chi connectivity index (χ2n) is 5.88. The second-order valence-corrected chi connectivity index (χ2v) is 5.88. The van der Waals surface area contributed by atoms with Crippen molar-refractivity contribution in [2.24, 2.45) is 12.8 Å². The predicted octanol–water partition coefficient (Wildman–Crippen LogP) is -0.558. The first kappa shape index (κ1) is 18.3. The first-order valence-corrected chi connectivity index (χ1v) is 7.93. The molecular formula is C17H17N5O5. The van der Waals surface area contributed by atoms with Crippen LogP contribution >= 0.6 is 0 Å². The quantitative estimate of drug-likeness (QED) is 0.608. The molecule has 0 amide bonds. The topological polar surface area (TPSA) is 142 Å². The number of aliphatic carboxylic acids is 1. The number of rotatable bonds is 5. The van der Waals surface area contributed by atoms with Crippen LogP contribution < -0.4 is 21.7 Å². The van der Waals surface area contributed by atoms with Crippen LogP contribution in [0.2, 0.25) is 0 Å². The molecule has 3 N–H and O–H groups in total. The summed E-state index contributed by atoms with van der Waals surface area (Å²) in [6, 6.07) is 3.42. The maximum absolute atomic E-state index is 12.9. The summed E-state index contributed by atoms with van der Waals surface area (Å²) < 4.78 is 7.33. The molecule has 0 saturated heterocycles. The lowest BCUT2D eigenvalue weighted by molar-refractivity contribution is -0.138. The van der Waals surface area contributed by atoms with Crippen LogP contribution in [-0.4, -0.2) is 43.3 Å². The fourth-order valence-corrected chi connectivity index (χ4v) is 2.65. The highest BCUT2D eigenvalue weighted by atomic mass is 16.5. The van der Waals surface area contributed by atoms with Crippen LogP contribution in [0.15, 0.2) is 40.2 Å². The van der Waals surface area contributed by atoms with Crippen LogP contribution in [0.3, 0.4) is 0 Å². The van der Waals surface area contributed by atoms with E-state index in [4.69, 9.17) is 15.6 Å². The van der Waals surface area contributed by atoms with Gasteiger partial charge in [0.2, 0.25) is 5.88 Å². The molecule has 10 heteroatoms. The van der Waals surface area contributed by atoms with Crippen molar-refractivity contribution in [1.29, 1.82) is 0 Å². The number of fused-ring (bicyclic) bond motifs is 1. The number of nitrogens with two attached hydrogens (primary N) is 1. The number of methoxy groups -OCH3 is 1. The van der Waals surface area contributed by atoms with Crippen LogP contribution in [0, 0.1) is 0 Å². The van der Waals surface area contributed by atoms with Crippen molar-refractivity contribution in [1.82, 2.24) is 19.1 Å². The van der Waals surface area contributed by atoms with E-state index < -0.39 is 23.3 Å². The van der Waals surface area contributed by atoms with Gasteiger partial charge in [-0.05, 0) is 12.1 Å². The minimum Gasteiger partial charge on any atom is -0.481 e. The van der Waals surface area contributed by atoms with Crippen molar-refractivity contribution >= 4 is 16.9 Å². The molecule has 3 aromatic heterocycles. The molecule has 10 nitrogen and oxygen atoms in total. The monoisotopic (exact) mass is 371 g/mol. The zero-order chi connectivity index (χ0) is 19.7. The third-order valence-corrected chi connectivity index (χ3v) is 4.15. The Hall–Kier alpha value is -3.53. The Morgan fingerprint density at radius 1 is 1.30 bits per heavy atom.